The molecule has 4 rings (SSSR count). The van der Waals surface area contributed by atoms with Gasteiger partial charge in [0, 0.05) is 28.6 Å². The molecule has 224 valence electrons. The Labute approximate surface area is 258 Å². The van der Waals surface area contributed by atoms with Gasteiger partial charge < -0.3 is 9.30 Å². The molecule has 0 radical (unpaired) electrons. The standard InChI is InChI=1S/C29H27Cl2N5O6S/c1-18-8-13-24(15-27(18)36(38)39)43(40,41)34(22-9-11-23(42-4)12-10-22)17-28(37)33-32-16-21-14-19(2)35(20(21)3)26-7-5-6-25(30)29(26)31/h5-16H,17H2,1-4H3,(H,33,37)/b32-16+. The number of sulfonamides is 1. The Morgan fingerprint density at radius 1 is 1.09 bits per heavy atom. The first-order chi connectivity index (χ1) is 20.3. The molecule has 1 heterocycles. The summed E-state index contributed by atoms with van der Waals surface area (Å²) in [5, 5.41) is 16.3. The number of nitro benzene ring substituents is 1. The molecule has 0 saturated carbocycles. The molecule has 0 aliphatic carbocycles. The van der Waals surface area contributed by atoms with Crippen molar-refractivity contribution in [1.82, 2.24) is 9.99 Å². The van der Waals surface area contributed by atoms with Gasteiger partial charge in [0.1, 0.15) is 12.3 Å². The zero-order chi connectivity index (χ0) is 31.5. The van der Waals surface area contributed by atoms with Gasteiger partial charge in [0.05, 0.1) is 44.6 Å². The molecule has 0 bridgehead atoms. The Hall–Kier alpha value is -4.39. The van der Waals surface area contributed by atoms with Crippen molar-refractivity contribution in [2.45, 2.75) is 25.7 Å². The Bertz CT molecular complexity index is 1840. The molecule has 1 N–H and O–H groups in total. The smallest absolute Gasteiger partial charge is 0.273 e. The summed E-state index contributed by atoms with van der Waals surface area (Å²) in [6.45, 7) is 4.58. The minimum absolute atomic E-state index is 0.144. The quantitative estimate of drug-likeness (QED) is 0.128. The first-order valence-corrected chi connectivity index (χ1v) is 14.9. The van der Waals surface area contributed by atoms with Crippen LogP contribution in [0.5, 0.6) is 5.75 Å². The lowest BCUT2D eigenvalue weighted by Crippen LogP contribution is -2.39. The number of nitrogens with zero attached hydrogens (tertiary/aromatic N) is 4. The molecule has 43 heavy (non-hydrogen) atoms. The van der Waals surface area contributed by atoms with Gasteiger partial charge in [-0.15, -0.1) is 0 Å². The average Bonchev–Trinajstić information content (AvgIpc) is 3.25. The summed E-state index contributed by atoms with van der Waals surface area (Å²) in [6.07, 6.45) is 1.44. The second kappa shape index (κ2) is 12.9. The molecule has 0 spiro atoms. The number of rotatable bonds is 10. The highest BCUT2D eigenvalue weighted by Crippen LogP contribution is 2.32. The van der Waals surface area contributed by atoms with Gasteiger partial charge in [-0.25, -0.2) is 13.8 Å². The van der Waals surface area contributed by atoms with Crippen molar-refractivity contribution in [2.75, 3.05) is 18.0 Å². The zero-order valence-corrected chi connectivity index (χ0v) is 25.9. The van der Waals surface area contributed by atoms with Gasteiger partial charge in [0.25, 0.3) is 21.6 Å². The Morgan fingerprint density at radius 2 is 1.79 bits per heavy atom. The molecular weight excluding hydrogens is 617 g/mol. The number of aryl methyl sites for hydroxylation is 2. The monoisotopic (exact) mass is 643 g/mol. The van der Waals surface area contributed by atoms with Crippen LogP contribution in [0.25, 0.3) is 5.69 Å². The number of hydrazone groups is 1. The number of aromatic nitrogens is 1. The molecular formula is C29H27Cl2N5O6S. The van der Waals surface area contributed by atoms with Crippen LogP contribution in [-0.4, -0.2) is 43.7 Å². The third kappa shape index (κ3) is 6.66. The molecule has 0 unspecified atom stereocenters. The van der Waals surface area contributed by atoms with Crippen LogP contribution in [0.4, 0.5) is 11.4 Å². The van der Waals surface area contributed by atoms with Crippen LogP contribution in [0.1, 0.15) is 22.5 Å². The number of methoxy groups -OCH3 is 1. The van der Waals surface area contributed by atoms with E-state index in [0.29, 0.717) is 32.6 Å². The van der Waals surface area contributed by atoms with E-state index in [-0.39, 0.29) is 16.3 Å². The van der Waals surface area contributed by atoms with Crippen LogP contribution in [0.3, 0.4) is 0 Å². The summed E-state index contributed by atoms with van der Waals surface area (Å²) in [5.74, 6) is -0.276. The molecule has 0 atom stereocenters. The summed E-state index contributed by atoms with van der Waals surface area (Å²) in [5.41, 5.74) is 5.44. The number of hydrogen-bond acceptors (Lipinski definition) is 7. The van der Waals surface area contributed by atoms with E-state index in [1.54, 1.807) is 12.1 Å². The summed E-state index contributed by atoms with van der Waals surface area (Å²) in [4.78, 5) is 23.5. The number of amides is 1. The normalized spacial score (nSPS) is 11.5. The highest BCUT2D eigenvalue weighted by Gasteiger charge is 2.29. The van der Waals surface area contributed by atoms with Crippen molar-refractivity contribution in [1.29, 1.82) is 0 Å². The second-order valence-corrected chi connectivity index (χ2v) is 12.1. The van der Waals surface area contributed by atoms with Crippen molar-refractivity contribution < 1.29 is 22.9 Å². The van der Waals surface area contributed by atoms with Crippen molar-refractivity contribution in [2.24, 2.45) is 5.10 Å². The van der Waals surface area contributed by atoms with Gasteiger partial charge in [0.15, 0.2) is 0 Å². The van der Waals surface area contributed by atoms with Crippen LogP contribution in [0.2, 0.25) is 10.0 Å². The number of nitro groups is 1. The number of carbonyl (C=O) groups excluding carboxylic acids is 1. The highest BCUT2D eigenvalue weighted by molar-refractivity contribution is 7.92. The van der Waals surface area contributed by atoms with Gasteiger partial charge in [-0.2, -0.15) is 5.10 Å². The lowest BCUT2D eigenvalue weighted by molar-refractivity contribution is -0.385. The van der Waals surface area contributed by atoms with E-state index < -0.39 is 27.4 Å². The second-order valence-electron chi connectivity index (χ2n) is 9.44. The van der Waals surface area contributed by atoms with Crippen molar-refractivity contribution in [3.8, 4) is 11.4 Å². The maximum atomic E-state index is 13.7. The number of anilines is 1. The maximum Gasteiger partial charge on any atom is 0.273 e. The van der Waals surface area contributed by atoms with E-state index >= 15 is 0 Å². The largest absolute Gasteiger partial charge is 0.497 e. The van der Waals surface area contributed by atoms with E-state index in [0.717, 1.165) is 21.8 Å². The molecule has 0 fully saturated rings. The fraction of sp³-hybridized carbons (Fsp3) is 0.172. The Morgan fingerprint density at radius 3 is 2.44 bits per heavy atom. The third-order valence-corrected chi connectivity index (χ3v) is 9.23. The molecule has 1 amide bonds. The van der Waals surface area contributed by atoms with E-state index in [2.05, 4.69) is 10.5 Å². The number of benzene rings is 3. The topological polar surface area (TPSA) is 136 Å². The predicted octanol–water partition coefficient (Wildman–Crippen LogP) is 5.97. The Kier molecular flexibility index (Phi) is 9.43. The maximum absolute atomic E-state index is 13.7. The molecule has 4 aromatic rings. The van der Waals surface area contributed by atoms with E-state index in [1.807, 2.05) is 30.5 Å². The highest BCUT2D eigenvalue weighted by atomic mass is 35.5. The number of ether oxygens (including phenoxy) is 1. The van der Waals surface area contributed by atoms with Gasteiger partial charge in [0.2, 0.25) is 0 Å². The number of carbonyl (C=O) groups is 1. The molecule has 1 aromatic heterocycles. The van der Waals surface area contributed by atoms with Crippen LogP contribution in [-0.2, 0) is 14.8 Å². The van der Waals surface area contributed by atoms with E-state index in [4.69, 9.17) is 27.9 Å². The first-order valence-electron chi connectivity index (χ1n) is 12.7. The lowest BCUT2D eigenvalue weighted by Gasteiger charge is -2.24. The van der Waals surface area contributed by atoms with Crippen molar-refractivity contribution in [3.05, 3.63) is 109 Å². The predicted molar refractivity (Wildman–Crippen MR) is 166 cm³/mol. The summed E-state index contributed by atoms with van der Waals surface area (Å²) >= 11 is 12.6. The molecule has 3 aromatic carbocycles. The third-order valence-electron chi connectivity index (χ3n) is 6.65. The Balaban J connectivity index is 1.61. The number of hydrogen-bond donors (Lipinski definition) is 1. The average molecular weight is 645 g/mol. The SMILES string of the molecule is COc1ccc(N(CC(=O)N/N=C/c2cc(C)n(-c3cccc(Cl)c3Cl)c2C)S(=O)(=O)c2ccc(C)c([N+](=O)[O-])c2)cc1. The summed E-state index contributed by atoms with van der Waals surface area (Å²) in [7, 11) is -2.96. The van der Waals surface area contributed by atoms with Crippen molar-refractivity contribution >= 4 is 56.7 Å². The fourth-order valence-electron chi connectivity index (χ4n) is 4.43. The zero-order valence-electron chi connectivity index (χ0n) is 23.5. The molecule has 0 saturated heterocycles. The number of halogens is 2. The minimum atomic E-state index is -4.42. The summed E-state index contributed by atoms with van der Waals surface area (Å²) < 4.78 is 35.3. The lowest BCUT2D eigenvalue weighted by atomic mass is 10.2. The molecule has 14 heteroatoms. The van der Waals surface area contributed by atoms with Gasteiger partial charge in [-0.1, -0.05) is 35.3 Å². The van der Waals surface area contributed by atoms with Crippen LogP contribution in [0, 0.1) is 30.9 Å². The minimum Gasteiger partial charge on any atom is -0.497 e. The van der Waals surface area contributed by atoms with Gasteiger partial charge in [-0.05, 0) is 69.3 Å². The van der Waals surface area contributed by atoms with Crippen molar-refractivity contribution in [3.63, 3.8) is 0 Å². The first kappa shape index (κ1) is 31.5. The van der Waals surface area contributed by atoms with Crippen LogP contribution in [0.15, 0.2) is 76.7 Å². The fourth-order valence-corrected chi connectivity index (χ4v) is 6.25. The van der Waals surface area contributed by atoms with Gasteiger partial charge in [-0.3, -0.25) is 19.2 Å². The van der Waals surface area contributed by atoms with E-state index in [1.165, 1.54) is 56.6 Å². The van der Waals surface area contributed by atoms with Crippen LogP contribution >= 0.6 is 23.2 Å². The van der Waals surface area contributed by atoms with Crippen LogP contribution < -0.4 is 14.5 Å². The molecule has 0 aliphatic rings. The molecule has 0 aliphatic heterocycles. The number of nitrogens with one attached hydrogen (secondary N) is 1. The van der Waals surface area contributed by atoms with Gasteiger partial charge >= 0.3 is 0 Å². The summed E-state index contributed by atoms with van der Waals surface area (Å²) in [6, 6.07) is 16.7. The van der Waals surface area contributed by atoms with E-state index in [9.17, 15) is 23.3 Å². The molecule has 11 nitrogen and oxygen atoms in total.